The zero-order valence-corrected chi connectivity index (χ0v) is 9.86. The summed E-state index contributed by atoms with van der Waals surface area (Å²) in [6.07, 6.45) is 1.77. The van der Waals surface area contributed by atoms with Gasteiger partial charge in [-0.3, -0.25) is 4.98 Å². The van der Waals surface area contributed by atoms with E-state index in [1.165, 1.54) is 0 Å². The lowest BCUT2D eigenvalue weighted by Crippen LogP contribution is -2.30. The summed E-state index contributed by atoms with van der Waals surface area (Å²) in [5, 5.41) is 1.93. The molecule has 1 aromatic heterocycles. The number of aromatic nitrogens is 1. The van der Waals surface area contributed by atoms with Gasteiger partial charge in [-0.05, 0) is 8.40 Å². The van der Waals surface area contributed by atoms with Crippen molar-refractivity contribution in [2.75, 3.05) is 0 Å². The van der Waals surface area contributed by atoms with Gasteiger partial charge in [0.1, 0.15) is 0 Å². The fraction of sp³-hybridized carbons (Fsp3) is 0. The van der Waals surface area contributed by atoms with Gasteiger partial charge in [0, 0.05) is 11.6 Å². The quantitative estimate of drug-likeness (QED) is 0.481. The predicted octanol–water partition coefficient (Wildman–Crippen LogP) is -4.73. The molecule has 1 rings (SSSR count). The van der Waals surface area contributed by atoms with Gasteiger partial charge in [0.05, 0.1) is 5.51 Å². The lowest BCUT2D eigenvalue weighted by Gasteiger charge is -1.69. The fourth-order valence-corrected chi connectivity index (χ4v) is 0.527. The van der Waals surface area contributed by atoms with Gasteiger partial charge in [0.15, 0.2) is 0 Å². The first-order chi connectivity index (χ1) is 5.96. The third kappa shape index (κ3) is 46.2. The molecule has 0 fully saturated rings. The van der Waals surface area contributed by atoms with Crippen LogP contribution in [-0.4, -0.2) is 13.4 Å². The molecule has 0 saturated heterocycles. The van der Waals surface area contributed by atoms with Gasteiger partial charge in [-0.1, -0.05) is 0 Å². The minimum absolute atomic E-state index is 1.60. The second-order valence-electron chi connectivity index (χ2n) is 1.08. The molecule has 10 heteroatoms. The molecule has 7 nitrogen and oxygen atoms in total. The molecule has 0 aromatic carbocycles. The van der Waals surface area contributed by atoms with E-state index in [1.807, 2.05) is 5.38 Å². The molecule has 1 aromatic rings. The van der Waals surface area contributed by atoms with E-state index in [-0.39, 0.29) is 0 Å². The van der Waals surface area contributed by atoms with Crippen LogP contribution in [0.1, 0.15) is 0 Å². The smallest absolute Gasteiger partial charge is 0.372 e. The average Bonchev–Trinajstić information content (AvgIpc) is 2.35. The van der Waals surface area contributed by atoms with Crippen molar-refractivity contribution in [3.05, 3.63) is 17.1 Å². The van der Waals surface area contributed by atoms with Gasteiger partial charge in [-0.25, -0.2) is 0 Å². The molecule has 78 valence electrons. The third-order valence-corrected chi connectivity index (χ3v) is 0.869. The monoisotopic (exact) mass is 341 g/mol. The largest absolute Gasteiger partial charge is 0.433 e. The van der Waals surface area contributed by atoms with Crippen LogP contribution in [0, 0.1) is 29.6 Å². The van der Waals surface area contributed by atoms with Crippen LogP contribution in [0.25, 0.3) is 0 Å². The Morgan fingerprint density at radius 2 is 1.46 bits per heavy atom. The highest BCUT2D eigenvalue weighted by molar-refractivity contribution is 7.07. The minimum Gasteiger partial charge on any atom is -0.372 e. The highest BCUT2D eigenvalue weighted by Gasteiger charge is 1.86. The Morgan fingerprint density at radius 1 is 1.08 bits per heavy atom. The van der Waals surface area contributed by atoms with Crippen LogP contribution in [0.4, 0.5) is 0 Å². The molecule has 13 heavy (non-hydrogen) atoms. The second kappa shape index (κ2) is 12.3. The van der Waals surface area contributed by atoms with Crippen LogP contribution >= 0.6 is 11.3 Å². The van der Waals surface area contributed by atoms with Crippen molar-refractivity contribution in [3.8, 4) is 0 Å². The normalized spacial score (nSPS) is 8.62. The fourth-order valence-electron chi connectivity index (χ4n) is 0.176. The second-order valence-corrected chi connectivity index (χ2v) is 3.52. The summed E-state index contributed by atoms with van der Waals surface area (Å²) < 4.78 is 48.6. The summed E-state index contributed by atoms with van der Waals surface area (Å²) >= 11 is -5.19. The summed E-state index contributed by atoms with van der Waals surface area (Å²) in [6.45, 7) is 0. The van der Waals surface area contributed by atoms with Gasteiger partial charge in [0.25, 0.3) is 0 Å². The van der Waals surface area contributed by atoms with E-state index in [4.69, 9.17) is 25.2 Å². The van der Waals surface area contributed by atoms with E-state index in [9.17, 15) is 0 Å². The standard InChI is InChI=1S/C3H3NS.2BrHO3/c1-2-5-3-4-1;2*2-1(3)4/h1-3H;2*2H. The Kier molecular flexibility index (Phi) is 15.0. The minimum atomic E-state index is -3.40. The number of nitrogens with zero attached hydrogens (tertiary/aromatic N) is 1. The molecule has 0 unspecified atom stereocenters. The zero-order chi connectivity index (χ0) is 10.7. The molecule has 0 atom stereocenters. The highest BCUT2D eigenvalue weighted by Crippen LogP contribution is 1.85. The van der Waals surface area contributed by atoms with Crippen molar-refractivity contribution < 1.29 is 54.8 Å². The van der Waals surface area contributed by atoms with Crippen LogP contribution in [0.2, 0.25) is 0 Å². The molecular formula is C3H5Br2NO6S. The van der Waals surface area contributed by atoms with Gasteiger partial charge < -0.3 is 16.8 Å². The maximum absolute atomic E-state index is 8.63. The highest BCUT2D eigenvalue weighted by atomic mass is 80.0. The Hall–Kier alpha value is 0.350. The van der Waals surface area contributed by atoms with Crippen LogP contribution in [0.3, 0.4) is 0 Å². The average molecular weight is 343 g/mol. The Bertz CT molecular complexity index is 132. The van der Waals surface area contributed by atoms with Gasteiger partial charge in [-0.2, -0.15) is 0 Å². The predicted molar refractivity (Wildman–Crippen MR) is 26.6 cm³/mol. The van der Waals surface area contributed by atoms with Crippen molar-refractivity contribution in [3.63, 3.8) is 0 Å². The molecule has 0 aliphatic carbocycles. The van der Waals surface area contributed by atoms with Crippen LogP contribution in [-0.2, 0) is 0 Å². The summed E-state index contributed by atoms with van der Waals surface area (Å²) in [4.78, 5) is 3.74. The Labute approximate surface area is 88.2 Å². The SMILES string of the molecule is [O-][Br+2]([O-])O.[O-][Br+2]([O-])O.c1cscn1. The lowest BCUT2D eigenvalue weighted by atomic mass is 11.0. The summed E-state index contributed by atoms with van der Waals surface area (Å²) in [7, 11) is 0. The topological polar surface area (TPSA) is 146 Å². The van der Waals surface area contributed by atoms with E-state index in [1.54, 1.807) is 23.0 Å². The first-order valence-corrected chi connectivity index (χ1v) is 7.23. The third-order valence-electron chi connectivity index (χ3n) is 0.347. The van der Waals surface area contributed by atoms with Crippen LogP contribution in [0.5, 0.6) is 0 Å². The van der Waals surface area contributed by atoms with E-state index in [2.05, 4.69) is 4.98 Å². The molecule has 1 heterocycles. The van der Waals surface area contributed by atoms with Crippen molar-refractivity contribution in [2.24, 2.45) is 0 Å². The van der Waals surface area contributed by atoms with E-state index >= 15 is 0 Å². The Balaban J connectivity index is 0. The molecule has 0 spiro atoms. The first-order valence-electron chi connectivity index (χ1n) is 2.28. The molecular weight excluding hydrogens is 338 g/mol. The molecule has 0 aliphatic rings. The van der Waals surface area contributed by atoms with Crippen molar-refractivity contribution in [2.45, 2.75) is 0 Å². The number of thiazole rings is 1. The van der Waals surface area contributed by atoms with Gasteiger partial charge >= 0.3 is 29.6 Å². The molecule has 0 saturated carbocycles. The summed E-state index contributed by atoms with van der Waals surface area (Å²) in [5.74, 6) is 0. The van der Waals surface area contributed by atoms with Gasteiger partial charge in [-0.15, -0.1) is 11.3 Å². The zero-order valence-electron chi connectivity index (χ0n) is 5.87. The van der Waals surface area contributed by atoms with E-state index < -0.39 is 29.6 Å². The Morgan fingerprint density at radius 3 is 1.54 bits per heavy atom. The van der Waals surface area contributed by atoms with E-state index in [0.717, 1.165) is 0 Å². The van der Waals surface area contributed by atoms with E-state index in [0.29, 0.717) is 0 Å². The summed E-state index contributed by atoms with van der Waals surface area (Å²) in [6, 6.07) is 0. The molecule has 2 N–H and O–H groups in total. The number of halogens is 2. The molecule has 0 bridgehead atoms. The molecule has 0 aliphatic heterocycles. The van der Waals surface area contributed by atoms with Gasteiger partial charge in [0.2, 0.25) is 0 Å². The van der Waals surface area contributed by atoms with Crippen molar-refractivity contribution in [1.82, 2.24) is 4.98 Å². The molecule has 0 amide bonds. The number of hydrogen-bond acceptors (Lipinski definition) is 8. The van der Waals surface area contributed by atoms with Crippen LogP contribution < -0.4 is 16.8 Å². The summed E-state index contributed by atoms with van der Waals surface area (Å²) in [5.41, 5.74) is 1.79. The maximum Gasteiger partial charge on any atom is 0.433 e. The number of hydrogen-bond donors (Lipinski definition) is 2. The number of rotatable bonds is 0. The lowest BCUT2D eigenvalue weighted by molar-refractivity contribution is -1.63. The van der Waals surface area contributed by atoms with Crippen LogP contribution in [0.15, 0.2) is 17.1 Å². The van der Waals surface area contributed by atoms with Crippen molar-refractivity contribution >= 4 is 11.3 Å². The first kappa shape index (κ1) is 15.8. The molecule has 0 radical (unpaired) electrons. The maximum atomic E-state index is 8.63. The van der Waals surface area contributed by atoms with Crippen molar-refractivity contribution in [1.29, 1.82) is 0 Å².